The molecule has 1 aliphatic carbocycles. The number of thiazole rings is 1. The maximum absolute atomic E-state index is 4.59. The molecule has 0 atom stereocenters. The average molecular weight is 250 g/mol. The van der Waals surface area contributed by atoms with Gasteiger partial charge in [0.2, 0.25) is 0 Å². The van der Waals surface area contributed by atoms with Gasteiger partial charge in [0, 0.05) is 6.04 Å². The summed E-state index contributed by atoms with van der Waals surface area (Å²) in [5, 5.41) is 0. The van der Waals surface area contributed by atoms with Crippen molar-refractivity contribution in [1.29, 1.82) is 0 Å². The van der Waals surface area contributed by atoms with Crippen LogP contribution in [0.3, 0.4) is 0 Å². The van der Waals surface area contributed by atoms with E-state index >= 15 is 0 Å². The highest BCUT2D eigenvalue weighted by Gasteiger charge is 2.15. The number of nitrogens with one attached hydrogen (secondary N) is 1. The van der Waals surface area contributed by atoms with Crippen molar-refractivity contribution in [2.75, 3.05) is 0 Å². The first-order valence-corrected chi connectivity index (χ1v) is 7.33. The van der Waals surface area contributed by atoms with Crippen molar-refractivity contribution in [3.8, 4) is 0 Å². The van der Waals surface area contributed by atoms with Gasteiger partial charge in [0.05, 0.1) is 10.2 Å². The summed E-state index contributed by atoms with van der Waals surface area (Å²) in [6.07, 6.45) is 5.38. The van der Waals surface area contributed by atoms with Gasteiger partial charge in [-0.2, -0.15) is 0 Å². The monoisotopic (exact) mass is 250 g/mol. The molecule has 1 heterocycles. The second-order valence-electron chi connectivity index (χ2n) is 4.15. The molecule has 0 radical (unpaired) electrons. The Morgan fingerprint density at radius 2 is 2.06 bits per heavy atom. The van der Waals surface area contributed by atoms with Crippen molar-refractivity contribution in [2.45, 2.75) is 36.1 Å². The minimum absolute atomic E-state index is 0.692. The molecule has 0 spiro atoms. The van der Waals surface area contributed by atoms with Gasteiger partial charge in [0.25, 0.3) is 0 Å². The second-order valence-corrected chi connectivity index (χ2v) is 6.26. The van der Waals surface area contributed by atoms with Crippen molar-refractivity contribution < 1.29 is 0 Å². The molecule has 16 heavy (non-hydrogen) atoms. The third-order valence-electron chi connectivity index (χ3n) is 2.94. The van der Waals surface area contributed by atoms with E-state index < -0.39 is 0 Å². The van der Waals surface area contributed by atoms with E-state index in [9.17, 15) is 0 Å². The van der Waals surface area contributed by atoms with Crippen LogP contribution in [0.4, 0.5) is 0 Å². The molecular formula is C12H14N2S2. The summed E-state index contributed by atoms with van der Waals surface area (Å²) in [5.41, 5.74) is 1.11. The van der Waals surface area contributed by atoms with Gasteiger partial charge < -0.3 is 0 Å². The maximum atomic E-state index is 4.59. The number of hydrogen-bond acceptors (Lipinski definition) is 4. The maximum Gasteiger partial charge on any atom is 0.166 e. The van der Waals surface area contributed by atoms with Crippen molar-refractivity contribution >= 4 is 33.5 Å². The van der Waals surface area contributed by atoms with Gasteiger partial charge in [-0.15, -0.1) is 11.3 Å². The number of hydrogen-bond donors (Lipinski definition) is 1. The van der Waals surface area contributed by atoms with E-state index in [0.29, 0.717) is 6.04 Å². The van der Waals surface area contributed by atoms with Gasteiger partial charge in [0.1, 0.15) is 0 Å². The predicted octanol–water partition coefficient (Wildman–Crippen LogP) is 3.84. The predicted molar refractivity (Wildman–Crippen MR) is 70.9 cm³/mol. The molecule has 84 valence electrons. The molecule has 0 amide bonds. The highest BCUT2D eigenvalue weighted by Crippen LogP contribution is 2.29. The van der Waals surface area contributed by atoms with Crippen LogP contribution in [0.5, 0.6) is 0 Å². The van der Waals surface area contributed by atoms with E-state index in [-0.39, 0.29) is 0 Å². The van der Waals surface area contributed by atoms with Crippen LogP contribution in [0.1, 0.15) is 25.7 Å². The van der Waals surface area contributed by atoms with Crippen molar-refractivity contribution in [2.24, 2.45) is 0 Å². The van der Waals surface area contributed by atoms with Crippen LogP contribution >= 0.6 is 23.3 Å². The minimum Gasteiger partial charge on any atom is -0.255 e. The third-order valence-corrected chi connectivity index (χ3v) is 4.99. The lowest BCUT2D eigenvalue weighted by Crippen LogP contribution is -2.18. The Kier molecular flexibility index (Phi) is 3.13. The third kappa shape index (κ3) is 2.24. The van der Waals surface area contributed by atoms with Crippen LogP contribution < -0.4 is 4.72 Å². The number of fused-ring (bicyclic) bond motifs is 1. The number of benzene rings is 1. The number of nitrogens with zero attached hydrogens (tertiary/aromatic N) is 1. The molecule has 0 bridgehead atoms. The van der Waals surface area contributed by atoms with Gasteiger partial charge in [-0.25, -0.2) is 4.98 Å². The van der Waals surface area contributed by atoms with Crippen molar-refractivity contribution in [3.63, 3.8) is 0 Å². The first kappa shape index (κ1) is 10.6. The Morgan fingerprint density at radius 1 is 1.25 bits per heavy atom. The molecule has 4 heteroatoms. The van der Waals surface area contributed by atoms with E-state index in [1.54, 1.807) is 23.3 Å². The second kappa shape index (κ2) is 4.73. The van der Waals surface area contributed by atoms with E-state index in [4.69, 9.17) is 0 Å². The van der Waals surface area contributed by atoms with Crippen LogP contribution in [0.15, 0.2) is 28.6 Å². The zero-order valence-electron chi connectivity index (χ0n) is 8.98. The van der Waals surface area contributed by atoms with Gasteiger partial charge in [-0.1, -0.05) is 25.0 Å². The molecule has 1 aromatic carbocycles. The molecule has 1 aromatic heterocycles. The van der Waals surface area contributed by atoms with Crippen LogP contribution in [0.25, 0.3) is 10.2 Å². The van der Waals surface area contributed by atoms with Crippen LogP contribution in [-0.4, -0.2) is 11.0 Å². The van der Waals surface area contributed by atoms with Crippen LogP contribution in [0, 0.1) is 0 Å². The Bertz CT molecular complexity index is 442. The highest BCUT2D eigenvalue weighted by atomic mass is 32.2. The quantitative estimate of drug-likeness (QED) is 0.838. The molecule has 2 aromatic rings. The molecular weight excluding hydrogens is 236 g/mol. The lowest BCUT2D eigenvalue weighted by atomic mass is 10.3. The fourth-order valence-electron chi connectivity index (χ4n) is 2.07. The Morgan fingerprint density at radius 3 is 2.88 bits per heavy atom. The Balaban J connectivity index is 1.69. The standard InChI is InChI=1S/C12H14N2S2/c1-2-6-9(5-1)14-16-12-13-10-7-3-4-8-11(10)15-12/h3-4,7-9,14H,1-2,5-6H2. The topological polar surface area (TPSA) is 24.9 Å². The molecule has 1 aliphatic rings. The number of rotatable bonds is 3. The van der Waals surface area contributed by atoms with Crippen LogP contribution in [0.2, 0.25) is 0 Å². The van der Waals surface area contributed by atoms with Crippen molar-refractivity contribution in [1.82, 2.24) is 9.71 Å². The SMILES string of the molecule is c1ccc2sc(SNC3CCCC3)nc2c1. The summed E-state index contributed by atoms with van der Waals surface area (Å²) in [5.74, 6) is 0. The number of aromatic nitrogens is 1. The normalized spacial score (nSPS) is 17.2. The molecule has 1 fully saturated rings. The van der Waals surface area contributed by atoms with Crippen LogP contribution in [-0.2, 0) is 0 Å². The van der Waals surface area contributed by atoms with Gasteiger partial charge in [-0.3, -0.25) is 4.72 Å². The lowest BCUT2D eigenvalue weighted by Gasteiger charge is -2.07. The Hall–Kier alpha value is -0.580. The minimum atomic E-state index is 0.692. The largest absolute Gasteiger partial charge is 0.255 e. The zero-order valence-corrected chi connectivity index (χ0v) is 10.6. The molecule has 0 unspecified atom stereocenters. The lowest BCUT2D eigenvalue weighted by molar-refractivity contribution is 0.657. The zero-order chi connectivity index (χ0) is 10.8. The van der Waals surface area contributed by atoms with Gasteiger partial charge in [-0.05, 0) is 36.9 Å². The van der Waals surface area contributed by atoms with E-state index in [1.807, 2.05) is 6.07 Å². The molecule has 0 saturated heterocycles. The number of para-hydroxylation sites is 1. The molecule has 2 nitrogen and oxygen atoms in total. The van der Waals surface area contributed by atoms with Gasteiger partial charge in [0.15, 0.2) is 4.34 Å². The molecule has 3 rings (SSSR count). The van der Waals surface area contributed by atoms with Crippen molar-refractivity contribution in [3.05, 3.63) is 24.3 Å². The summed E-state index contributed by atoms with van der Waals surface area (Å²) in [7, 11) is 0. The summed E-state index contributed by atoms with van der Waals surface area (Å²) in [6.45, 7) is 0. The van der Waals surface area contributed by atoms with E-state index in [2.05, 4.69) is 27.9 Å². The molecule has 1 saturated carbocycles. The first-order valence-electron chi connectivity index (χ1n) is 5.70. The van der Waals surface area contributed by atoms with E-state index in [1.165, 1.54) is 30.4 Å². The fraction of sp³-hybridized carbons (Fsp3) is 0.417. The van der Waals surface area contributed by atoms with Gasteiger partial charge >= 0.3 is 0 Å². The fourth-order valence-corrected chi connectivity index (χ4v) is 4.00. The van der Waals surface area contributed by atoms with E-state index in [0.717, 1.165) is 9.86 Å². The summed E-state index contributed by atoms with van der Waals surface area (Å²) >= 11 is 3.47. The Labute approximate surface area is 104 Å². The summed E-state index contributed by atoms with van der Waals surface area (Å²) < 4.78 is 5.93. The molecule has 1 N–H and O–H groups in total. The first-order chi connectivity index (χ1) is 7.92. The average Bonchev–Trinajstić information content (AvgIpc) is 2.95. The smallest absolute Gasteiger partial charge is 0.166 e. The summed E-state index contributed by atoms with van der Waals surface area (Å²) in [6, 6.07) is 9.01. The summed E-state index contributed by atoms with van der Waals surface area (Å²) in [4.78, 5) is 4.59. The highest BCUT2D eigenvalue weighted by molar-refractivity contribution is 7.99. The molecule has 0 aliphatic heterocycles.